The normalized spacial score (nSPS) is 11.5. The largest absolute Gasteiger partial charge is 0.506 e. The van der Waals surface area contributed by atoms with Crippen molar-refractivity contribution in [1.29, 1.82) is 0 Å². The second kappa shape index (κ2) is 6.32. The van der Waals surface area contributed by atoms with Crippen LogP contribution in [0.4, 0.5) is 11.4 Å². The summed E-state index contributed by atoms with van der Waals surface area (Å²) in [5.41, 5.74) is 7.37. The SMILES string of the molecule is Cc1ccc(N)c(C(=O)Nc2c(O)ccc3cc(S(=O)(=O)O)ccc23)c1. The number of aryl methyl sites for hydroxylation is 1. The average molecular weight is 372 g/mol. The van der Waals surface area contributed by atoms with Crippen molar-refractivity contribution in [2.75, 3.05) is 11.1 Å². The van der Waals surface area contributed by atoms with Crippen molar-refractivity contribution in [2.24, 2.45) is 0 Å². The van der Waals surface area contributed by atoms with Gasteiger partial charge in [0.15, 0.2) is 0 Å². The topological polar surface area (TPSA) is 130 Å². The Morgan fingerprint density at radius 3 is 2.50 bits per heavy atom. The highest BCUT2D eigenvalue weighted by atomic mass is 32.2. The Kier molecular flexibility index (Phi) is 4.31. The summed E-state index contributed by atoms with van der Waals surface area (Å²) in [6.07, 6.45) is 0. The zero-order chi connectivity index (χ0) is 19.1. The second-order valence-electron chi connectivity index (χ2n) is 5.86. The third kappa shape index (κ3) is 3.32. The fourth-order valence-corrected chi connectivity index (χ4v) is 3.15. The molecule has 0 aromatic heterocycles. The number of phenols is 1. The lowest BCUT2D eigenvalue weighted by Gasteiger charge is -2.13. The molecule has 134 valence electrons. The first-order valence-electron chi connectivity index (χ1n) is 7.57. The number of nitrogens with two attached hydrogens (primary N) is 1. The van der Waals surface area contributed by atoms with Crippen molar-refractivity contribution in [1.82, 2.24) is 0 Å². The first kappa shape index (κ1) is 17.7. The predicted octanol–water partition coefficient (Wildman–Crippen LogP) is 2.94. The molecular weight excluding hydrogens is 356 g/mol. The molecule has 0 aliphatic carbocycles. The summed E-state index contributed by atoms with van der Waals surface area (Å²) in [4.78, 5) is 12.3. The minimum atomic E-state index is -4.36. The Hall–Kier alpha value is -3.10. The highest BCUT2D eigenvalue weighted by molar-refractivity contribution is 7.85. The highest BCUT2D eigenvalue weighted by Crippen LogP contribution is 2.34. The van der Waals surface area contributed by atoms with Gasteiger partial charge in [0, 0.05) is 11.1 Å². The predicted molar refractivity (Wildman–Crippen MR) is 99.0 cm³/mol. The number of hydrogen-bond acceptors (Lipinski definition) is 5. The average Bonchev–Trinajstić information content (AvgIpc) is 2.58. The molecule has 3 rings (SSSR count). The summed E-state index contributed by atoms with van der Waals surface area (Å²) in [6.45, 7) is 1.82. The molecule has 0 saturated heterocycles. The van der Waals surface area contributed by atoms with Gasteiger partial charge >= 0.3 is 0 Å². The fourth-order valence-electron chi connectivity index (χ4n) is 2.64. The van der Waals surface area contributed by atoms with E-state index in [1.807, 2.05) is 6.92 Å². The molecule has 7 nitrogen and oxygen atoms in total. The van der Waals surface area contributed by atoms with Crippen molar-refractivity contribution in [2.45, 2.75) is 11.8 Å². The van der Waals surface area contributed by atoms with Crippen LogP contribution in [0.1, 0.15) is 15.9 Å². The lowest BCUT2D eigenvalue weighted by molar-refractivity contribution is 0.102. The summed E-state index contributed by atoms with van der Waals surface area (Å²) < 4.78 is 31.7. The minimum absolute atomic E-state index is 0.121. The van der Waals surface area contributed by atoms with Crippen LogP contribution in [0.3, 0.4) is 0 Å². The van der Waals surface area contributed by atoms with Crippen LogP contribution in [-0.2, 0) is 10.1 Å². The lowest BCUT2D eigenvalue weighted by atomic mass is 10.1. The van der Waals surface area contributed by atoms with Gasteiger partial charge in [0.2, 0.25) is 0 Å². The van der Waals surface area contributed by atoms with Crippen molar-refractivity contribution in [3.8, 4) is 5.75 Å². The number of fused-ring (bicyclic) bond motifs is 1. The Bertz CT molecular complexity index is 1140. The molecular formula is C18H16N2O5S. The van der Waals surface area contributed by atoms with Crippen molar-refractivity contribution in [3.63, 3.8) is 0 Å². The van der Waals surface area contributed by atoms with Crippen LogP contribution in [-0.4, -0.2) is 24.0 Å². The van der Waals surface area contributed by atoms with Crippen molar-refractivity contribution < 1.29 is 22.9 Å². The van der Waals surface area contributed by atoms with Crippen LogP contribution in [0, 0.1) is 6.92 Å². The van der Waals surface area contributed by atoms with Crippen LogP contribution < -0.4 is 11.1 Å². The molecule has 26 heavy (non-hydrogen) atoms. The molecule has 1 amide bonds. The maximum Gasteiger partial charge on any atom is 0.294 e. The molecule has 0 fully saturated rings. The van der Waals surface area contributed by atoms with E-state index in [0.717, 1.165) is 5.56 Å². The number of phenolic OH excluding ortho intramolecular Hbond substituents is 1. The smallest absolute Gasteiger partial charge is 0.294 e. The monoisotopic (exact) mass is 372 g/mol. The summed E-state index contributed by atoms with van der Waals surface area (Å²) in [7, 11) is -4.36. The van der Waals surface area contributed by atoms with Gasteiger partial charge in [-0.2, -0.15) is 8.42 Å². The van der Waals surface area contributed by atoms with E-state index in [4.69, 9.17) is 10.3 Å². The molecule has 8 heteroatoms. The fraction of sp³-hybridized carbons (Fsp3) is 0.0556. The molecule has 0 heterocycles. The molecule has 0 saturated carbocycles. The van der Waals surface area contributed by atoms with Crippen LogP contribution in [0.2, 0.25) is 0 Å². The lowest BCUT2D eigenvalue weighted by Crippen LogP contribution is -2.14. The third-order valence-electron chi connectivity index (χ3n) is 3.96. The van der Waals surface area contributed by atoms with Gasteiger partial charge in [0.05, 0.1) is 16.1 Å². The molecule has 0 radical (unpaired) electrons. The number of nitrogen functional groups attached to an aromatic ring is 1. The number of anilines is 2. The number of hydrogen-bond donors (Lipinski definition) is 4. The Balaban J connectivity index is 2.08. The molecule has 0 atom stereocenters. The van der Waals surface area contributed by atoms with Gasteiger partial charge in [0.1, 0.15) is 5.75 Å². The molecule has 0 spiro atoms. The van der Waals surface area contributed by atoms with Gasteiger partial charge in [-0.05, 0) is 42.6 Å². The van der Waals surface area contributed by atoms with E-state index in [-0.39, 0.29) is 21.9 Å². The molecule has 0 bridgehead atoms. The third-order valence-corrected chi connectivity index (χ3v) is 4.81. The van der Waals surface area contributed by atoms with Crippen LogP contribution in [0.5, 0.6) is 5.75 Å². The molecule has 0 aliphatic rings. The van der Waals surface area contributed by atoms with Crippen molar-refractivity contribution in [3.05, 3.63) is 59.7 Å². The van der Waals surface area contributed by atoms with E-state index in [9.17, 15) is 18.3 Å². The van der Waals surface area contributed by atoms with Gasteiger partial charge in [-0.15, -0.1) is 0 Å². The maximum absolute atomic E-state index is 12.6. The molecule has 3 aromatic rings. The standard InChI is InChI=1S/C18H16N2O5S/c1-10-2-6-15(19)14(8-10)18(22)20-17-13-5-4-12(26(23,24)25)9-11(13)3-7-16(17)21/h2-9,21H,19H2,1H3,(H,20,22)(H,23,24,25). The van der Waals surface area contributed by atoms with E-state index in [2.05, 4.69) is 5.32 Å². The van der Waals surface area contributed by atoms with E-state index >= 15 is 0 Å². The number of nitrogens with one attached hydrogen (secondary N) is 1. The molecule has 0 aliphatic heterocycles. The maximum atomic E-state index is 12.6. The number of aromatic hydroxyl groups is 1. The Labute approximate surface area is 149 Å². The van der Waals surface area contributed by atoms with Crippen LogP contribution in [0.15, 0.2) is 53.4 Å². The number of carbonyl (C=O) groups excluding carboxylic acids is 1. The quantitative estimate of drug-likeness (QED) is 0.318. The first-order valence-corrected chi connectivity index (χ1v) is 9.01. The van der Waals surface area contributed by atoms with E-state index in [1.54, 1.807) is 18.2 Å². The van der Waals surface area contributed by atoms with E-state index in [1.165, 1.54) is 30.3 Å². The second-order valence-corrected chi connectivity index (χ2v) is 7.28. The summed E-state index contributed by atoms with van der Waals surface area (Å²) >= 11 is 0. The van der Waals surface area contributed by atoms with Gasteiger partial charge in [-0.25, -0.2) is 0 Å². The van der Waals surface area contributed by atoms with Gasteiger partial charge in [-0.1, -0.05) is 23.8 Å². The Morgan fingerprint density at radius 2 is 1.81 bits per heavy atom. The number of benzene rings is 3. The number of carbonyl (C=O) groups is 1. The summed E-state index contributed by atoms with van der Waals surface area (Å²) in [5, 5.41) is 13.6. The molecule has 3 aromatic carbocycles. The highest BCUT2D eigenvalue weighted by Gasteiger charge is 2.16. The zero-order valence-electron chi connectivity index (χ0n) is 13.7. The molecule has 5 N–H and O–H groups in total. The van der Waals surface area contributed by atoms with E-state index < -0.39 is 16.0 Å². The zero-order valence-corrected chi connectivity index (χ0v) is 14.5. The van der Waals surface area contributed by atoms with Gasteiger partial charge < -0.3 is 16.2 Å². The minimum Gasteiger partial charge on any atom is -0.506 e. The summed E-state index contributed by atoms with van der Waals surface area (Å²) in [6, 6.07) is 11.7. The summed E-state index contributed by atoms with van der Waals surface area (Å²) in [5.74, 6) is -0.690. The van der Waals surface area contributed by atoms with Gasteiger partial charge in [-0.3, -0.25) is 9.35 Å². The van der Waals surface area contributed by atoms with Crippen LogP contribution >= 0.6 is 0 Å². The number of amides is 1. The van der Waals surface area contributed by atoms with E-state index in [0.29, 0.717) is 16.5 Å². The Morgan fingerprint density at radius 1 is 1.08 bits per heavy atom. The van der Waals surface area contributed by atoms with Crippen LogP contribution in [0.25, 0.3) is 10.8 Å². The van der Waals surface area contributed by atoms with Gasteiger partial charge in [0.25, 0.3) is 16.0 Å². The molecule has 0 unspecified atom stereocenters. The van der Waals surface area contributed by atoms with Crippen molar-refractivity contribution >= 4 is 38.2 Å². The number of rotatable bonds is 3. The first-order chi connectivity index (χ1) is 12.2.